The molecular weight excluding hydrogens is 474 g/mol. The van der Waals surface area contributed by atoms with Gasteiger partial charge < -0.3 is 49.8 Å². The maximum absolute atomic E-state index is 12.2. The maximum Gasteiger partial charge on any atom is 0.244 e. The molecule has 1 heterocycles. The summed E-state index contributed by atoms with van der Waals surface area (Å²) in [5.41, 5.74) is 1.53. The fourth-order valence-corrected chi connectivity index (χ4v) is 3.61. The van der Waals surface area contributed by atoms with Crippen molar-refractivity contribution in [2.45, 2.75) is 37.1 Å². The first kappa shape index (κ1) is 27.2. The average Bonchev–Trinajstić information content (AvgIpc) is 2.89. The van der Waals surface area contributed by atoms with Crippen LogP contribution < -0.4 is 19.5 Å². The molecule has 1 saturated heterocycles. The number of aliphatic hydroxyl groups excluding tert-OH is 4. The van der Waals surface area contributed by atoms with Crippen LogP contribution in [0.4, 0.5) is 0 Å². The van der Waals surface area contributed by atoms with Crippen LogP contribution in [0.1, 0.15) is 11.1 Å². The Morgan fingerprint density at radius 3 is 2.44 bits per heavy atom. The molecule has 5 atom stereocenters. The Morgan fingerprint density at radius 1 is 1.00 bits per heavy atom. The van der Waals surface area contributed by atoms with Crippen LogP contribution in [0.5, 0.6) is 23.0 Å². The molecule has 0 aromatic heterocycles. The Morgan fingerprint density at radius 2 is 1.75 bits per heavy atom. The van der Waals surface area contributed by atoms with Gasteiger partial charge in [0, 0.05) is 12.6 Å². The number of rotatable bonds is 10. The number of hydrogen-bond donors (Lipinski definition) is 6. The van der Waals surface area contributed by atoms with E-state index in [0.29, 0.717) is 24.3 Å². The SMILES string of the molecule is COc1cc(CCNC(=O)/C=C/c2ccc(O[C@@H]3O[C@H](CO)[C@@H](O)[C@H](O)[C@H]3O)c(OC)c2)ccc1O. The van der Waals surface area contributed by atoms with E-state index >= 15 is 0 Å². The summed E-state index contributed by atoms with van der Waals surface area (Å²) in [6.45, 7) is -0.191. The molecule has 2 aromatic carbocycles. The van der Waals surface area contributed by atoms with Crippen molar-refractivity contribution in [3.8, 4) is 23.0 Å². The summed E-state index contributed by atoms with van der Waals surface area (Å²) in [6.07, 6.45) is -3.57. The molecule has 3 rings (SSSR count). The van der Waals surface area contributed by atoms with Crippen molar-refractivity contribution >= 4 is 12.0 Å². The fraction of sp³-hybridized carbons (Fsp3) is 0.400. The maximum atomic E-state index is 12.2. The predicted octanol–water partition coefficient (Wildman–Crippen LogP) is -0.0398. The molecule has 36 heavy (non-hydrogen) atoms. The van der Waals surface area contributed by atoms with Gasteiger partial charge in [0.1, 0.15) is 24.4 Å². The van der Waals surface area contributed by atoms with E-state index < -0.39 is 37.3 Å². The third-order valence-electron chi connectivity index (χ3n) is 5.66. The number of amides is 1. The van der Waals surface area contributed by atoms with Gasteiger partial charge in [-0.2, -0.15) is 0 Å². The third kappa shape index (κ3) is 6.65. The first-order chi connectivity index (χ1) is 17.3. The zero-order valence-electron chi connectivity index (χ0n) is 19.9. The van der Waals surface area contributed by atoms with Crippen LogP contribution >= 0.6 is 0 Å². The van der Waals surface area contributed by atoms with Gasteiger partial charge in [-0.1, -0.05) is 12.1 Å². The third-order valence-corrected chi connectivity index (χ3v) is 5.66. The summed E-state index contributed by atoms with van der Waals surface area (Å²) in [7, 11) is 2.88. The van der Waals surface area contributed by atoms with E-state index in [2.05, 4.69) is 5.32 Å². The minimum absolute atomic E-state index is 0.0493. The van der Waals surface area contributed by atoms with Crippen LogP contribution in [0.25, 0.3) is 6.08 Å². The number of phenols is 1. The Bertz CT molecular complexity index is 1060. The summed E-state index contributed by atoms with van der Waals surface area (Å²) < 4.78 is 21.4. The molecule has 1 aliphatic heterocycles. The second-order valence-corrected chi connectivity index (χ2v) is 8.11. The first-order valence-electron chi connectivity index (χ1n) is 11.2. The molecule has 196 valence electrons. The molecule has 0 radical (unpaired) electrons. The molecule has 0 bridgehead atoms. The van der Waals surface area contributed by atoms with E-state index in [-0.39, 0.29) is 23.2 Å². The lowest BCUT2D eigenvalue weighted by Crippen LogP contribution is -2.60. The van der Waals surface area contributed by atoms with Gasteiger partial charge in [0.15, 0.2) is 23.0 Å². The minimum Gasteiger partial charge on any atom is -0.504 e. The summed E-state index contributed by atoms with van der Waals surface area (Å²) in [6, 6.07) is 9.78. The van der Waals surface area contributed by atoms with Gasteiger partial charge in [0.2, 0.25) is 12.2 Å². The van der Waals surface area contributed by atoms with Crippen LogP contribution in [0.3, 0.4) is 0 Å². The van der Waals surface area contributed by atoms with Gasteiger partial charge in [0.05, 0.1) is 20.8 Å². The molecule has 0 saturated carbocycles. The highest BCUT2D eigenvalue weighted by Crippen LogP contribution is 2.32. The van der Waals surface area contributed by atoms with E-state index in [1.165, 1.54) is 32.4 Å². The molecule has 2 aromatic rings. The van der Waals surface area contributed by atoms with Crippen LogP contribution in [-0.4, -0.2) is 89.5 Å². The van der Waals surface area contributed by atoms with E-state index in [4.69, 9.17) is 18.9 Å². The highest BCUT2D eigenvalue weighted by molar-refractivity contribution is 5.91. The number of carbonyl (C=O) groups is 1. The first-order valence-corrected chi connectivity index (χ1v) is 11.2. The summed E-state index contributed by atoms with van der Waals surface area (Å²) in [5, 5.41) is 51.8. The largest absolute Gasteiger partial charge is 0.504 e. The summed E-state index contributed by atoms with van der Waals surface area (Å²) >= 11 is 0. The molecule has 11 nitrogen and oxygen atoms in total. The molecular formula is C25H31NO10. The number of hydrogen-bond acceptors (Lipinski definition) is 10. The number of carbonyl (C=O) groups excluding carboxylic acids is 1. The Balaban J connectivity index is 1.57. The molecule has 6 N–H and O–H groups in total. The van der Waals surface area contributed by atoms with E-state index in [1.807, 2.05) is 0 Å². The van der Waals surface area contributed by atoms with Crippen molar-refractivity contribution < 1.29 is 49.3 Å². The van der Waals surface area contributed by atoms with Gasteiger partial charge in [-0.05, 0) is 47.9 Å². The van der Waals surface area contributed by atoms with Gasteiger partial charge in [-0.3, -0.25) is 4.79 Å². The van der Waals surface area contributed by atoms with Crippen LogP contribution in [0, 0.1) is 0 Å². The molecule has 1 fully saturated rings. The van der Waals surface area contributed by atoms with E-state index in [1.54, 1.807) is 30.3 Å². The number of nitrogens with one attached hydrogen (secondary N) is 1. The van der Waals surface area contributed by atoms with Crippen molar-refractivity contribution in [1.82, 2.24) is 5.32 Å². The lowest BCUT2D eigenvalue weighted by molar-refractivity contribution is -0.277. The van der Waals surface area contributed by atoms with Gasteiger partial charge >= 0.3 is 0 Å². The van der Waals surface area contributed by atoms with Crippen molar-refractivity contribution in [1.29, 1.82) is 0 Å². The average molecular weight is 506 g/mol. The second-order valence-electron chi connectivity index (χ2n) is 8.11. The quantitative estimate of drug-likeness (QED) is 0.241. The second kappa shape index (κ2) is 12.6. The molecule has 1 aliphatic rings. The van der Waals surface area contributed by atoms with Crippen LogP contribution in [0.15, 0.2) is 42.5 Å². The smallest absolute Gasteiger partial charge is 0.244 e. The number of aromatic hydroxyl groups is 1. The number of aliphatic hydroxyl groups is 4. The van der Waals surface area contributed by atoms with Crippen LogP contribution in [0.2, 0.25) is 0 Å². The Hall–Kier alpha value is -3.35. The Kier molecular flexibility index (Phi) is 9.51. The lowest BCUT2D eigenvalue weighted by atomic mass is 9.99. The highest BCUT2D eigenvalue weighted by atomic mass is 16.7. The van der Waals surface area contributed by atoms with Gasteiger partial charge in [0.25, 0.3) is 0 Å². The number of methoxy groups -OCH3 is 2. The summed E-state index contributed by atoms with van der Waals surface area (Å²) in [5.74, 6) is 0.574. The Labute approximate surface area is 208 Å². The molecule has 0 aliphatic carbocycles. The molecule has 1 amide bonds. The highest BCUT2D eigenvalue weighted by Gasteiger charge is 2.44. The standard InChI is InChI=1S/C25H31NO10/c1-33-18-11-15(3-6-16(18)28)9-10-26-21(29)8-5-14-4-7-17(19(12-14)34-2)35-25-24(32)23(31)22(30)20(13-27)36-25/h3-8,11-12,20,22-25,27-28,30-32H,9-10,13H2,1-2H3,(H,26,29)/b8-5+/t20-,22-,23+,24-,25-/m1/s1. The number of ether oxygens (including phenoxy) is 4. The topological polar surface area (TPSA) is 167 Å². The fourth-order valence-electron chi connectivity index (χ4n) is 3.61. The van der Waals surface area contributed by atoms with Gasteiger partial charge in [-0.15, -0.1) is 0 Å². The van der Waals surface area contributed by atoms with Crippen molar-refractivity contribution in [2.24, 2.45) is 0 Å². The zero-order valence-corrected chi connectivity index (χ0v) is 19.9. The van der Waals surface area contributed by atoms with E-state index in [0.717, 1.165) is 5.56 Å². The minimum atomic E-state index is -1.57. The van der Waals surface area contributed by atoms with Crippen LogP contribution in [-0.2, 0) is 16.0 Å². The molecule has 11 heteroatoms. The van der Waals surface area contributed by atoms with Crippen molar-refractivity contribution in [3.63, 3.8) is 0 Å². The number of benzene rings is 2. The molecule has 0 unspecified atom stereocenters. The monoisotopic (exact) mass is 505 g/mol. The molecule has 0 spiro atoms. The predicted molar refractivity (Wildman–Crippen MR) is 128 cm³/mol. The van der Waals surface area contributed by atoms with Crippen molar-refractivity contribution in [2.75, 3.05) is 27.4 Å². The van der Waals surface area contributed by atoms with Gasteiger partial charge in [-0.25, -0.2) is 0 Å². The summed E-state index contributed by atoms with van der Waals surface area (Å²) in [4.78, 5) is 12.2. The lowest BCUT2D eigenvalue weighted by Gasteiger charge is -2.39. The number of phenolic OH excluding ortho intramolecular Hbond substituents is 1. The zero-order chi connectivity index (χ0) is 26.2. The van der Waals surface area contributed by atoms with E-state index in [9.17, 15) is 30.3 Å². The van der Waals surface area contributed by atoms with Crippen molar-refractivity contribution in [3.05, 3.63) is 53.6 Å². The normalized spacial score (nSPS) is 23.9.